The summed E-state index contributed by atoms with van der Waals surface area (Å²) in [4.78, 5) is 23.1. The third kappa shape index (κ3) is 3.85. The van der Waals surface area contributed by atoms with Gasteiger partial charge in [0.1, 0.15) is 11.5 Å². The molecule has 0 spiro atoms. The monoisotopic (exact) mass is 314 g/mol. The molecule has 122 valence electrons. The van der Waals surface area contributed by atoms with Gasteiger partial charge in [0.05, 0.1) is 18.1 Å². The highest BCUT2D eigenvalue weighted by atomic mass is 16.2. The first-order valence-corrected chi connectivity index (χ1v) is 8.03. The molecular formula is C16H22N6O. The lowest BCUT2D eigenvalue weighted by molar-refractivity contribution is 0.0754. The Balaban J connectivity index is 1.56. The van der Waals surface area contributed by atoms with Crippen LogP contribution in [-0.4, -0.2) is 51.1 Å². The second-order valence-corrected chi connectivity index (χ2v) is 5.91. The van der Waals surface area contributed by atoms with Crippen LogP contribution in [0.2, 0.25) is 0 Å². The fourth-order valence-corrected chi connectivity index (χ4v) is 3.00. The van der Waals surface area contributed by atoms with Gasteiger partial charge in [0.15, 0.2) is 0 Å². The smallest absolute Gasteiger partial charge is 0.271 e. The summed E-state index contributed by atoms with van der Waals surface area (Å²) in [5.74, 6) is 1.37. The number of hydrogen-bond donors (Lipinski definition) is 2. The SMILES string of the molecule is CNc1cnc(CC2CCCN(C(=O)c3ccn[nH]3)CC2)cn1. The zero-order valence-corrected chi connectivity index (χ0v) is 13.3. The second-order valence-electron chi connectivity index (χ2n) is 5.91. The van der Waals surface area contributed by atoms with E-state index in [2.05, 4.69) is 25.5 Å². The predicted molar refractivity (Wildman–Crippen MR) is 87.1 cm³/mol. The van der Waals surface area contributed by atoms with Gasteiger partial charge in [-0.05, 0) is 37.7 Å². The van der Waals surface area contributed by atoms with Gasteiger partial charge in [-0.2, -0.15) is 5.10 Å². The summed E-state index contributed by atoms with van der Waals surface area (Å²) in [7, 11) is 1.83. The third-order valence-corrected chi connectivity index (χ3v) is 4.33. The molecule has 1 unspecified atom stereocenters. The van der Waals surface area contributed by atoms with Crippen molar-refractivity contribution in [3.8, 4) is 0 Å². The van der Waals surface area contributed by atoms with Crippen molar-refractivity contribution >= 4 is 11.7 Å². The minimum Gasteiger partial charge on any atom is -0.372 e. The van der Waals surface area contributed by atoms with E-state index in [9.17, 15) is 4.79 Å². The number of rotatable bonds is 4. The topological polar surface area (TPSA) is 86.8 Å². The van der Waals surface area contributed by atoms with Gasteiger partial charge in [-0.15, -0.1) is 0 Å². The zero-order valence-electron chi connectivity index (χ0n) is 13.3. The van der Waals surface area contributed by atoms with Crippen molar-refractivity contribution < 1.29 is 4.79 Å². The van der Waals surface area contributed by atoms with Crippen LogP contribution in [0.5, 0.6) is 0 Å². The minimum atomic E-state index is 0.0429. The first kappa shape index (κ1) is 15.5. The Kier molecular flexibility index (Phi) is 4.85. The van der Waals surface area contributed by atoms with Crippen LogP contribution in [0.25, 0.3) is 0 Å². The summed E-state index contributed by atoms with van der Waals surface area (Å²) >= 11 is 0. The summed E-state index contributed by atoms with van der Waals surface area (Å²) in [6.45, 7) is 1.59. The Hall–Kier alpha value is -2.44. The molecule has 2 aromatic rings. The van der Waals surface area contributed by atoms with E-state index in [-0.39, 0.29) is 5.91 Å². The van der Waals surface area contributed by atoms with Gasteiger partial charge >= 0.3 is 0 Å². The number of aromatic nitrogens is 4. The predicted octanol–water partition coefficient (Wildman–Crippen LogP) is 1.73. The molecule has 3 rings (SSSR count). The van der Waals surface area contributed by atoms with Crippen molar-refractivity contribution in [3.63, 3.8) is 0 Å². The normalized spacial score (nSPS) is 18.5. The van der Waals surface area contributed by atoms with Crippen LogP contribution in [0, 0.1) is 5.92 Å². The Morgan fingerprint density at radius 1 is 1.35 bits per heavy atom. The molecule has 0 bridgehead atoms. The zero-order chi connectivity index (χ0) is 16.1. The van der Waals surface area contributed by atoms with Gasteiger partial charge < -0.3 is 10.2 Å². The van der Waals surface area contributed by atoms with Gasteiger partial charge in [-0.3, -0.25) is 14.9 Å². The number of hydrogen-bond acceptors (Lipinski definition) is 5. The average molecular weight is 314 g/mol. The quantitative estimate of drug-likeness (QED) is 0.897. The Morgan fingerprint density at radius 3 is 2.96 bits per heavy atom. The second kappa shape index (κ2) is 7.21. The van der Waals surface area contributed by atoms with Crippen LogP contribution in [-0.2, 0) is 6.42 Å². The van der Waals surface area contributed by atoms with Gasteiger partial charge in [0.25, 0.3) is 5.91 Å². The van der Waals surface area contributed by atoms with E-state index in [1.165, 1.54) is 0 Å². The van der Waals surface area contributed by atoms with Crippen molar-refractivity contribution in [1.29, 1.82) is 0 Å². The van der Waals surface area contributed by atoms with E-state index in [1.54, 1.807) is 18.5 Å². The molecule has 1 aliphatic heterocycles. The van der Waals surface area contributed by atoms with E-state index in [0.29, 0.717) is 11.6 Å². The maximum absolute atomic E-state index is 12.4. The molecule has 0 aromatic carbocycles. The number of amides is 1. The number of carbonyl (C=O) groups is 1. The Bertz CT molecular complexity index is 625. The summed E-state index contributed by atoms with van der Waals surface area (Å²) in [6.07, 6.45) is 9.26. The van der Waals surface area contributed by atoms with E-state index >= 15 is 0 Å². The molecule has 2 N–H and O–H groups in total. The molecule has 1 aliphatic rings. The van der Waals surface area contributed by atoms with Crippen LogP contribution in [0.15, 0.2) is 24.7 Å². The lowest BCUT2D eigenvalue weighted by Gasteiger charge is -2.19. The van der Waals surface area contributed by atoms with Crippen molar-refractivity contribution in [3.05, 3.63) is 36.0 Å². The highest BCUT2D eigenvalue weighted by molar-refractivity contribution is 5.92. The third-order valence-electron chi connectivity index (χ3n) is 4.33. The fraction of sp³-hybridized carbons (Fsp3) is 0.500. The van der Waals surface area contributed by atoms with Gasteiger partial charge in [-0.1, -0.05) is 0 Å². The molecule has 7 nitrogen and oxygen atoms in total. The largest absolute Gasteiger partial charge is 0.372 e. The van der Waals surface area contributed by atoms with E-state index < -0.39 is 0 Å². The van der Waals surface area contributed by atoms with Crippen LogP contribution < -0.4 is 5.32 Å². The molecular weight excluding hydrogens is 292 g/mol. The highest BCUT2D eigenvalue weighted by Crippen LogP contribution is 2.22. The lowest BCUT2D eigenvalue weighted by atomic mass is 9.95. The summed E-state index contributed by atoms with van der Waals surface area (Å²) in [6, 6.07) is 1.73. The maximum atomic E-state index is 12.4. The van der Waals surface area contributed by atoms with E-state index in [4.69, 9.17) is 0 Å². The number of likely N-dealkylation sites (tertiary alicyclic amines) is 1. The summed E-state index contributed by atoms with van der Waals surface area (Å²) < 4.78 is 0. The molecule has 1 saturated heterocycles. The fourth-order valence-electron chi connectivity index (χ4n) is 3.00. The summed E-state index contributed by atoms with van der Waals surface area (Å²) in [5, 5.41) is 9.58. The molecule has 23 heavy (non-hydrogen) atoms. The molecule has 7 heteroatoms. The molecule has 0 aliphatic carbocycles. The molecule has 2 aromatic heterocycles. The molecule has 0 saturated carbocycles. The van der Waals surface area contributed by atoms with Crippen molar-refractivity contribution in [2.75, 3.05) is 25.5 Å². The van der Waals surface area contributed by atoms with Gasteiger partial charge in [0.2, 0.25) is 0 Å². The molecule has 3 heterocycles. The van der Waals surface area contributed by atoms with E-state index in [0.717, 1.165) is 50.3 Å². The number of nitrogens with one attached hydrogen (secondary N) is 2. The standard InChI is InChI=1S/C16H22N6O/c1-17-15-11-18-13(10-19-15)9-12-3-2-7-22(8-5-12)16(23)14-4-6-20-21-14/h4,6,10-12H,2-3,5,7-9H2,1H3,(H,17,19)(H,20,21). The molecule has 1 atom stereocenters. The molecule has 0 radical (unpaired) electrons. The first-order chi connectivity index (χ1) is 11.3. The van der Waals surface area contributed by atoms with Crippen LogP contribution in [0.1, 0.15) is 35.4 Å². The number of anilines is 1. The number of carbonyl (C=O) groups excluding carboxylic acids is 1. The van der Waals surface area contributed by atoms with Crippen LogP contribution in [0.3, 0.4) is 0 Å². The van der Waals surface area contributed by atoms with Gasteiger partial charge in [0, 0.05) is 26.3 Å². The molecule has 1 fully saturated rings. The van der Waals surface area contributed by atoms with E-state index in [1.807, 2.05) is 18.1 Å². The highest BCUT2D eigenvalue weighted by Gasteiger charge is 2.22. The maximum Gasteiger partial charge on any atom is 0.271 e. The molecule has 1 amide bonds. The lowest BCUT2D eigenvalue weighted by Crippen LogP contribution is -2.32. The minimum absolute atomic E-state index is 0.0429. The Morgan fingerprint density at radius 2 is 2.26 bits per heavy atom. The Labute approximate surface area is 135 Å². The van der Waals surface area contributed by atoms with Gasteiger partial charge in [-0.25, -0.2) is 4.98 Å². The average Bonchev–Trinajstić information content (AvgIpc) is 3.02. The van der Waals surface area contributed by atoms with Crippen molar-refractivity contribution in [2.45, 2.75) is 25.7 Å². The first-order valence-electron chi connectivity index (χ1n) is 8.03. The van der Waals surface area contributed by atoms with Crippen molar-refractivity contribution in [2.24, 2.45) is 5.92 Å². The van der Waals surface area contributed by atoms with Crippen LogP contribution >= 0.6 is 0 Å². The summed E-state index contributed by atoms with van der Waals surface area (Å²) in [5.41, 5.74) is 1.58. The number of aromatic amines is 1. The number of nitrogens with zero attached hydrogens (tertiary/aromatic N) is 4. The van der Waals surface area contributed by atoms with Crippen LogP contribution in [0.4, 0.5) is 5.82 Å². The number of H-pyrrole nitrogens is 1. The van der Waals surface area contributed by atoms with Crippen molar-refractivity contribution in [1.82, 2.24) is 25.1 Å².